The molecule has 1 N–H and O–H groups in total. The van der Waals surface area contributed by atoms with Gasteiger partial charge in [0.15, 0.2) is 0 Å². The highest BCUT2D eigenvalue weighted by atomic mass is 16.5. The number of amides is 1. The number of aryl methyl sites for hydroxylation is 1. The third-order valence-electron chi connectivity index (χ3n) is 6.68. The van der Waals surface area contributed by atoms with Crippen LogP contribution in [0.3, 0.4) is 0 Å². The van der Waals surface area contributed by atoms with Crippen LogP contribution < -0.4 is 19.5 Å². The quantitative estimate of drug-likeness (QED) is 0.788. The maximum absolute atomic E-state index is 12.5. The lowest BCUT2D eigenvalue weighted by Crippen LogP contribution is -2.50. The Morgan fingerprint density at radius 1 is 1.13 bits per heavy atom. The van der Waals surface area contributed by atoms with Crippen molar-refractivity contribution in [1.82, 2.24) is 10.2 Å². The molecule has 166 valence electrons. The zero-order chi connectivity index (χ0) is 22.0. The van der Waals surface area contributed by atoms with E-state index in [1.807, 2.05) is 37.3 Å². The maximum Gasteiger partial charge on any atom is 0.255 e. The van der Waals surface area contributed by atoms with Gasteiger partial charge in [-0.25, -0.2) is 0 Å². The highest BCUT2D eigenvalue weighted by molar-refractivity contribution is 5.97. The van der Waals surface area contributed by atoms with Gasteiger partial charge < -0.3 is 19.5 Å². The molecule has 1 spiro atoms. The smallest absolute Gasteiger partial charge is 0.255 e. The molecule has 2 aliphatic rings. The normalized spacial score (nSPS) is 23.0. The van der Waals surface area contributed by atoms with E-state index in [9.17, 15) is 4.79 Å². The number of ether oxygens (including phenoxy) is 3. The molecule has 0 unspecified atom stereocenters. The summed E-state index contributed by atoms with van der Waals surface area (Å²) in [6.45, 7) is 3.36. The minimum absolute atomic E-state index is 0.0404. The Balaban J connectivity index is 1.42. The fraction of sp³-hybridized carbons (Fsp3) is 0.480. The minimum Gasteiger partial charge on any atom is -0.497 e. The van der Waals surface area contributed by atoms with Gasteiger partial charge in [0.2, 0.25) is 0 Å². The van der Waals surface area contributed by atoms with Crippen LogP contribution in [-0.2, 0) is 6.54 Å². The van der Waals surface area contributed by atoms with Crippen LogP contribution in [-0.4, -0.2) is 50.3 Å². The number of nitrogens with zero attached hydrogens (tertiary/aromatic N) is 1. The summed E-state index contributed by atoms with van der Waals surface area (Å²) in [6, 6.07) is 12.3. The van der Waals surface area contributed by atoms with E-state index in [1.54, 1.807) is 14.2 Å². The molecule has 0 saturated heterocycles. The van der Waals surface area contributed by atoms with Gasteiger partial charge in [-0.1, -0.05) is 17.7 Å². The molecule has 6 nitrogen and oxygen atoms in total. The van der Waals surface area contributed by atoms with Crippen LogP contribution in [0.5, 0.6) is 17.2 Å². The molecule has 0 bridgehead atoms. The van der Waals surface area contributed by atoms with E-state index < -0.39 is 0 Å². The number of rotatable bonds is 5. The van der Waals surface area contributed by atoms with Gasteiger partial charge in [-0.05, 0) is 57.9 Å². The summed E-state index contributed by atoms with van der Waals surface area (Å²) in [4.78, 5) is 14.9. The Hall–Kier alpha value is -2.73. The molecule has 1 fully saturated rings. The third kappa shape index (κ3) is 4.49. The van der Waals surface area contributed by atoms with Crippen LogP contribution in [0, 0.1) is 6.92 Å². The van der Waals surface area contributed by atoms with Crippen LogP contribution >= 0.6 is 0 Å². The topological polar surface area (TPSA) is 60.0 Å². The monoisotopic (exact) mass is 424 g/mol. The molecule has 2 aromatic rings. The molecule has 0 radical (unpaired) electrons. The van der Waals surface area contributed by atoms with Crippen LogP contribution in [0.15, 0.2) is 36.4 Å². The van der Waals surface area contributed by atoms with Gasteiger partial charge in [-0.2, -0.15) is 0 Å². The van der Waals surface area contributed by atoms with Gasteiger partial charge in [0.05, 0.1) is 26.3 Å². The molecule has 4 rings (SSSR count). The predicted octanol–water partition coefficient (Wildman–Crippen LogP) is 3.95. The van der Waals surface area contributed by atoms with Crippen molar-refractivity contribution >= 4 is 5.91 Å². The van der Waals surface area contributed by atoms with E-state index in [0.717, 1.165) is 54.9 Å². The number of fused-ring (bicyclic) bond motifs is 1. The van der Waals surface area contributed by atoms with E-state index in [-0.39, 0.29) is 11.5 Å². The molecular weight excluding hydrogens is 392 g/mol. The number of benzene rings is 2. The van der Waals surface area contributed by atoms with Gasteiger partial charge in [0, 0.05) is 24.2 Å². The predicted molar refractivity (Wildman–Crippen MR) is 120 cm³/mol. The standard InChI is InChI=1S/C25H32N2O4/c1-17-5-8-22-21(13-17)24(28)26-16-25(31-22)11-9-19(10-12-25)27(2)15-18-6-7-20(29-3)14-23(18)30-4/h5-8,13-14,19H,9-12,15-16H2,1-4H3,(H,26,28). The van der Waals surface area contributed by atoms with Crippen molar-refractivity contribution in [2.75, 3.05) is 27.8 Å². The molecule has 1 aliphatic carbocycles. The fourth-order valence-corrected chi connectivity index (χ4v) is 4.74. The fourth-order valence-electron chi connectivity index (χ4n) is 4.74. The Labute approximate surface area is 184 Å². The lowest BCUT2D eigenvalue weighted by molar-refractivity contribution is 0.00875. The SMILES string of the molecule is COc1ccc(CN(C)C2CCC3(CC2)CNC(=O)c2cc(C)ccc2O3)c(OC)c1. The van der Waals surface area contributed by atoms with E-state index in [1.165, 1.54) is 0 Å². The number of carbonyl (C=O) groups is 1. The minimum atomic E-state index is -0.328. The molecule has 0 aromatic heterocycles. The van der Waals surface area contributed by atoms with E-state index in [2.05, 4.69) is 23.3 Å². The summed E-state index contributed by atoms with van der Waals surface area (Å²) >= 11 is 0. The van der Waals surface area contributed by atoms with Crippen molar-refractivity contribution in [1.29, 1.82) is 0 Å². The molecular formula is C25H32N2O4. The molecule has 1 aliphatic heterocycles. The van der Waals surface area contributed by atoms with Crippen molar-refractivity contribution in [2.45, 2.75) is 50.8 Å². The Morgan fingerprint density at radius 3 is 2.61 bits per heavy atom. The Kier molecular flexibility index (Phi) is 6.10. The number of hydrogen-bond donors (Lipinski definition) is 1. The first-order chi connectivity index (χ1) is 14.9. The zero-order valence-corrected chi connectivity index (χ0v) is 18.9. The third-order valence-corrected chi connectivity index (χ3v) is 6.68. The van der Waals surface area contributed by atoms with Gasteiger partial charge >= 0.3 is 0 Å². The second-order valence-corrected chi connectivity index (χ2v) is 8.79. The summed E-state index contributed by atoms with van der Waals surface area (Å²) in [5, 5.41) is 3.09. The second kappa shape index (κ2) is 8.79. The lowest BCUT2D eigenvalue weighted by atomic mass is 9.81. The van der Waals surface area contributed by atoms with Gasteiger partial charge in [-0.3, -0.25) is 9.69 Å². The van der Waals surface area contributed by atoms with E-state index >= 15 is 0 Å². The summed E-state index contributed by atoms with van der Waals surface area (Å²) < 4.78 is 17.4. The number of nitrogens with one attached hydrogen (secondary N) is 1. The van der Waals surface area contributed by atoms with Crippen molar-refractivity contribution < 1.29 is 19.0 Å². The Morgan fingerprint density at radius 2 is 1.90 bits per heavy atom. The first-order valence-electron chi connectivity index (χ1n) is 10.9. The van der Waals surface area contributed by atoms with E-state index in [4.69, 9.17) is 14.2 Å². The molecule has 2 aromatic carbocycles. The maximum atomic E-state index is 12.5. The average molecular weight is 425 g/mol. The molecule has 1 amide bonds. The summed E-state index contributed by atoms with van der Waals surface area (Å²) in [5.74, 6) is 2.31. The highest BCUT2D eigenvalue weighted by Crippen LogP contribution is 2.38. The van der Waals surface area contributed by atoms with Crippen molar-refractivity contribution in [3.05, 3.63) is 53.1 Å². The summed E-state index contributed by atoms with van der Waals surface area (Å²) in [6.07, 6.45) is 3.86. The average Bonchev–Trinajstić information content (AvgIpc) is 2.91. The van der Waals surface area contributed by atoms with Gasteiger partial charge in [0.25, 0.3) is 5.91 Å². The second-order valence-electron chi connectivity index (χ2n) is 8.79. The highest BCUT2D eigenvalue weighted by Gasteiger charge is 2.41. The van der Waals surface area contributed by atoms with Gasteiger partial charge in [0.1, 0.15) is 22.8 Å². The van der Waals surface area contributed by atoms with E-state index in [0.29, 0.717) is 23.9 Å². The van der Waals surface area contributed by atoms with Crippen molar-refractivity contribution in [2.24, 2.45) is 0 Å². The number of methoxy groups -OCH3 is 2. The zero-order valence-electron chi connectivity index (χ0n) is 18.9. The van der Waals surface area contributed by atoms with Crippen molar-refractivity contribution in [3.8, 4) is 17.2 Å². The molecule has 31 heavy (non-hydrogen) atoms. The molecule has 6 heteroatoms. The van der Waals surface area contributed by atoms with Crippen LogP contribution in [0.1, 0.15) is 47.2 Å². The summed E-state index contributed by atoms with van der Waals surface area (Å²) in [5.41, 5.74) is 2.52. The molecule has 1 saturated carbocycles. The van der Waals surface area contributed by atoms with Gasteiger partial charge in [-0.15, -0.1) is 0 Å². The molecule has 1 heterocycles. The lowest BCUT2D eigenvalue weighted by Gasteiger charge is -2.42. The van der Waals surface area contributed by atoms with Crippen molar-refractivity contribution in [3.63, 3.8) is 0 Å². The van der Waals surface area contributed by atoms with Crippen LogP contribution in [0.2, 0.25) is 0 Å². The Bertz CT molecular complexity index is 951. The first-order valence-corrected chi connectivity index (χ1v) is 10.9. The number of carbonyl (C=O) groups excluding carboxylic acids is 1. The first kappa shape index (κ1) is 21.5. The largest absolute Gasteiger partial charge is 0.497 e. The summed E-state index contributed by atoms with van der Waals surface area (Å²) in [7, 11) is 5.52. The van der Waals surface area contributed by atoms with Crippen LogP contribution in [0.4, 0.5) is 0 Å². The molecule has 0 atom stereocenters. The number of hydrogen-bond acceptors (Lipinski definition) is 5. The van der Waals surface area contributed by atoms with Crippen LogP contribution in [0.25, 0.3) is 0 Å².